The molecule has 0 bridgehead atoms. The largest absolute Gasteiger partial charge is 0.497 e. The van der Waals surface area contributed by atoms with Crippen molar-refractivity contribution in [3.63, 3.8) is 0 Å². The Morgan fingerprint density at radius 3 is 2.67 bits per heavy atom. The van der Waals surface area contributed by atoms with Crippen LogP contribution in [0.2, 0.25) is 0 Å². The molecule has 4 aromatic rings. The number of imidazole rings is 1. The van der Waals surface area contributed by atoms with Crippen molar-refractivity contribution in [3.8, 4) is 11.4 Å². The Kier molecular flexibility index (Phi) is 7.26. The van der Waals surface area contributed by atoms with Crippen molar-refractivity contribution in [3.05, 3.63) is 59.6 Å². The summed E-state index contributed by atoms with van der Waals surface area (Å²) in [6, 6.07) is 15.5. The molecule has 0 saturated carbocycles. The van der Waals surface area contributed by atoms with E-state index < -0.39 is 0 Å². The molecule has 8 nitrogen and oxygen atoms in total. The van der Waals surface area contributed by atoms with Gasteiger partial charge >= 0.3 is 5.97 Å². The summed E-state index contributed by atoms with van der Waals surface area (Å²) in [5.41, 5.74) is 3.30. The highest BCUT2D eigenvalue weighted by molar-refractivity contribution is 7.99. The number of fused-ring (bicyclic) bond motifs is 1. The minimum Gasteiger partial charge on any atom is -0.497 e. The van der Waals surface area contributed by atoms with E-state index in [9.17, 15) is 9.59 Å². The zero-order chi connectivity index (χ0) is 23.2. The predicted molar refractivity (Wildman–Crippen MR) is 129 cm³/mol. The van der Waals surface area contributed by atoms with Gasteiger partial charge in [0.05, 0.1) is 42.6 Å². The number of rotatable bonds is 9. The number of carbonyl (C=O) groups excluding carboxylic acids is 2. The van der Waals surface area contributed by atoms with Gasteiger partial charge in [-0.2, -0.15) is 0 Å². The number of thiazole rings is 1. The maximum absolute atomic E-state index is 12.6. The highest BCUT2D eigenvalue weighted by Gasteiger charge is 2.16. The molecule has 0 aliphatic heterocycles. The molecule has 0 spiro atoms. The number of hydrogen-bond donors (Lipinski definition) is 1. The third-order valence-electron chi connectivity index (χ3n) is 4.62. The van der Waals surface area contributed by atoms with Gasteiger partial charge in [-0.15, -0.1) is 11.3 Å². The van der Waals surface area contributed by atoms with Crippen LogP contribution in [0.1, 0.15) is 12.6 Å². The number of carbonyl (C=O) groups is 2. The van der Waals surface area contributed by atoms with E-state index in [0.29, 0.717) is 22.6 Å². The Labute approximate surface area is 199 Å². The molecule has 0 saturated heterocycles. The molecule has 0 atom stereocenters. The predicted octanol–water partition coefficient (Wildman–Crippen LogP) is 4.33. The van der Waals surface area contributed by atoms with Gasteiger partial charge in [-0.05, 0) is 43.3 Å². The molecule has 2 heterocycles. The van der Waals surface area contributed by atoms with Crippen molar-refractivity contribution in [2.45, 2.75) is 18.5 Å². The summed E-state index contributed by atoms with van der Waals surface area (Å²) in [6.45, 7) is 2.08. The third kappa shape index (κ3) is 5.52. The molecule has 1 N–H and O–H groups in total. The first-order chi connectivity index (χ1) is 16.1. The number of amides is 1. The number of hydrogen-bond acceptors (Lipinski definition) is 8. The van der Waals surface area contributed by atoms with Crippen LogP contribution in [0.15, 0.2) is 59.1 Å². The summed E-state index contributed by atoms with van der Waals surface area (Å²) < 4.78 is 12.2. The van der Waals surface area contributed by atoms with Crippen molar-refractivity contribution >= 4 is 51.1 Å². The number of aromatic nitrogens is 3. The molecule has 170 valence electrons. The van der Waals surface area contributed by atoms with Gasteiger partial charge < -0.3 is 14.8 Å². The molecule has 0 unspecified atom stereocenters. The monoisotopic (exact) mass is 482 g/mol. The third-order valence-corrected chi connectivity index (χ3v) is 6.37. The number of benzene rings is 2. The Balaban J connectivity index is 1.46. The van der Waals surface area contributed by atoms with Gasteiger partial charge in [-0.1, -0.05) is 23.9 Å². The minimum absolute atomic E-state index is 0.0842. The lowest BCUT2D eigenvalue weighted by molar-refractivity contribution is -0.142. The van der Waals surface area contributed by atoms with Crippen molar-refractivity contribution < 1.29 is 19.1 Å². The molecule has 1 amide bonds. The van der Waals surface area contributed by atoms with Crippen LogP contribution in [-0.2, 0) is 20.7 Å². The first-order valence-corrected chi connectivity index (χ1v) is 12.1. The van der Waals surface area contributed by atoms with E-state index >= 15 is 0 Å². The molecule has 0 aliphatic carbocycles. The van der Waals surface area contributed by atoms with Gasteiger partial charge in [0.1, 0.15) is 5.75 Å². The van der Waals surface area contributed by atoms with E-state index in [1.54, 1.807) is 19.4 Å². The van der Waals surface area contributed by atoms with Crippen LogP contribution in [0.4, 0.5) is 5.13 Å². The Morgan fingerprint density at radius 1 is 1.12 bits per heavy atom. The fourth-order valence-corrected chi connectivity index (χ4v) is 4.73. The summed E-state index contributed by atoms with van der Waals surface area (Å²) in [7, 11) is 1.63. The van der Waals surface area contributed by atoms with Crippen molar-refractivity contribution in [2.24, 2.45) is 0 Å². The van der Waals surface area contributed by atoms with Crippen molar-refractivity contribution in [1.82, 2.24) is 14.5 Å². The van der Waals surface area contributed by atoms with E-state index in [-0.39, 0.29) is 24.1 Å². The summed E-state index contributed by atoms with van der Waals surface area (Å²) in [4.78, 5) is 33.2. The lowest BCUT2D eigenvalue weighted by Gasteiger charge is -2.10. The Hall–Kier alpha value is -3.37. The highest BCUT2D eigenvalue weighted by Crippen LogP contribution is 2.29. The number of nitrogens with zero attached hydrogens (tertiary/aromatic N) is 3. The first kappa shape index (κ1) is 22.8. The molecule has 0 radical (unpaired) electrons. The number of thioether (sulfide) groups is 1. The van der Waals surface area contributed by atoms with Gasteiger partial charge in [0.15, 0.2) is 10.3 Å². The molecule has 2 aromatic heterocycles. The quantitative estimate of drug-likeness (QED) is 0.280. The van der Waals surface area contributed by atoms with Crippen LogP contribution in [0, 0.1) is 0 Å². The second kappa shape index (κ2) is 10.5. The van der Waals surface area contributed by atoms with Crippen LogP contribution in [0.5, 0.6) is 5.75 Å². The van der Waals surface area contributed by atoms with Crippen LogP contribution in [0.3, 0.4) is 0 Å². The number of anilines is 1. The van der Waals surface area contributed by atoms with E-state index in [0.717, 1.165) is 22.5 Å². The summed E-state index contributed by atoms with van der Waals surface area (Å²) in [5.74, 6) is 0.383. The zero-order valence-corrected chi connectivity index (χ0v) is 19.7. The Morgan fingerprint density at radius 2 is 1.91 bits per heavy atom. The lowest BCUT2D eigenvalue weighted by atomic mass is 10.2. The van der Waals surface area contributed by atoms with Gasteiger partial charge in [-0.3, -0.25) is 14.2 Å². The number of nitrogens with one attached hydrogen (secondary N) is 1. The van der Waals surface area contributed by atoms with Gasteiger partial charge in [0.2, 0.25) is 5.91 Å². The molecular formula is C23H22N4O4S2. The molecule has 0 fully saturated rings. The number of esters is 1. The fraction of sp³-hybridized carbons (Fsp3) is 0.217. The minimum atomic E-state index is -0.339. The Bertz CT molecular complexity index is 1270. The molecule has 33 heavy (non-hydrogen) atoms. The van der Waals surface area contributed by atoms with Gasteiger partial charge in [0, 0.05) is 11.1 Å². The van der Waals surface area contributed by atoms with E-state index in [4.69, 9.17) is 14.5 Å². The smallest absolute Gasteiger partial charge is 0.311 e. The molecule has 0 aliphatic rings. The van der Waals surface area contributed by atoms with Crippen LogP contribution in [0.25, 0.3) is 16.7 Å². The van der Waals surface area contributed by atoms with Crippen LogP contribution in [-0.4, -0.2) is 45.9 Å². The molecule has 2 aromatic carbocycles. The normalized spacial score (nSPS) is 10.8. The van der Waals surface area contributed by atoms with Crippen molar-refractivity contribution in [2.75, 3.05) is 24.8 Å². The lowest BCUT2D eigenvalue weighted by Crippen LogP contribution is -2.14. The maximum atomic E-state index is 12.6. The van der Waals surface area contributed by atoms with Crippen molar-refractivity contribution in [1.29, 1.82) is 0 Å². The van der Waals surface area contributed by atoms with Crippen LogP contribution < -0.4 is 10.1 Å². The first-order valence-electron chi connectivity index (χ1n) is 10.2. The second-order valence-electron chi connectivity index (χ2n) is 6.88. The fourth-order valence-electron chi connectivity index (χ4n) is 3.17. The summed E-state index contributed by atoms with van der Waals surface area (Å²) in [5, 5.41) is 5.68. The number of ether oxygens (including phenoxy) is 2. The molecule has 10 heteroatoms. The number of methoxy groups -OCH3 is 1. The number of para-hydroxylation sites is 2. The topological polar surface area (TPSA) is 95.3 Å². The van der Waals surface area contributed by atoms with E-state index in [2.05, 4.69) is 10.3 Å². The standard InChI is InChI=1S/C23H22N4O4S2/c1-3-31-21(29)12-15-13-32-22(24-15)26-20(28)14-33-23-25-18-6-4-5-7-19(18)27(23)16-8-10-17(30-2)11-9-16/h4-11,13H,3,12,14H2,1-2H3,(H,24,26,28). The molecule has 4 rings (SSSR count). The summed E-state index contributed by atoms with van der Waals surface area (Å²) in [6.07, 6.45) is 0.0842. The highest BCUT2D eigenvalue weighted by atomic mass is 32.2. The average Bonchev–Trinajstić information content (AvgIpc) is 3.41. The van der Waals surface area contributed by atoms with Gasteiger partial charge in [-0.25, -0.2) is 9.97 Å². The average molecular weight is 483 g/mol. The zero-order valence-electron chi connectivity index (χ0n) is 18.1. The SMILES string of the molecule is CCOC(=O)Cc1csc(NC(=O)CSc2nc3ccccc3n2-c2ccc(OC)cc2)n1. The van der Waals surface area contributed by atoms with Crippen LogP contribution >= 0.6 is 23.1 Å². The molecular weight excluding hydrogens is 460 g/mol. The van der Waals surface area contributed by atoms with E-state index in [1.807, 2.05) is 53.1 Å². The van der Waals surface area contributed by atoms with E-state index in [1.165, 1.54) is 23.1 Å². The maximum Gasteiger partial charge on any atom is 0.311 e. The van der Waals surface area contributed by atoms with Gasteiger partial charge in [0.25, 0.3) is 0 Å². The summed E-state index contributed by atoms with van der Waals surface area (Å²) >= 11 is 2.61. The second-order valence-corrected chi connectivity index (χ2v) is 8.68.